The number of carbonyl (C=O) groups excluding carboxylic acids is 2. The molecule has 0 spiro atoms. The smallest absolute Gasteiger partial charge is 0.345 e. The van der Waals surface area contributed by atoms with Crippen molar-refractivity contribution in [2.45, 2.75) is 0 Å². The first-order chi connectivity index (χ1) is 15.5. The Bertz CT molecular complexity index is 1420. The Balaban J connectivity index is 1.53. The highest BCUT2D eigenvalue weighted by Gasteiger charge is 2.38. The summed E-state index contributed by atoms with van der Waals surface area (Å²) in [6.45, 7) is 0. The van der Waals surface area contributed by atoms with Crippen molar-refractivity contribution >= 4 is 78.1 Å². The minimum Gasteiger partial charge on any atom is -0.423 e. The molecule has 13 heteroatoms. The van der Waals surface area contributed by atoms with Crippen molar-refractivity contribution < 1.29 is 22.7 Å². The SMILES string of the molecule is CS(=O)(=O)C1=NN2C(=N)/C(=C/c3ccc(OC(=O)c4ccc(Cl)cc4Cl)cc3)C(=O)N=C2S1. The van der Waals surface area contributed by atoms with E-state index in [0.29, 0.717) is 22.3 Å². The number of nitrogens with zero attached hydrogens (tertiary/aromatic N) is 3. The molecule has 168 valence electrons. The molecule has 2 aromatic rings. The second-order valence-corrected chi connectivity index (χ2v) is 10.7. The molecule has 0 fully saturated rings. The molecule has 0 bridgehead atoms. The molecule has 2 aliphatic rings. The third-order valence-electron chi connectivity index (χ3n) is 4.31. The summed E-state index contributed by atoms with van der Waals surface area (Å²) in [5.74, 6) is -1.43. The number of amidine groups is 2. The van der Waals surface area contributed by atoms with Crippen LogP contribution in [0.4, 0.5) is 0 Å². The van der Waals surface area contributed by atoms with Gasteiger partial charge in [-0.15, -0.1) is 5.10 Å². The number of halogens is 2. The first-order valence-corrected chi connectivity index (χ1v) is 12.5. The van der Waals surface area contributed by atoms with E-state index in [4.69, 9.17) is 33.3 Å². The number of hydrogen-bond acceptors (Lipinski definition) is 8. The number of rotatable bonds is 3. The molecule has 0 aromatic heterocycles. The largest absolute Gasteiger partial charge is 0.423 e. The van der Waals surface area contributed by atoms with Gasteiger partial charge in [0.15, 0.2) is 5.84 Å². The lowest BCUT2D eigenvalue weighted by Gasteiger charge is -2.20. The monoisotopic (exact) mass is 522 g/mol. The predicted molar refractivity (Wildman–Crippen MR) is 128 cm³/mol. The number of ether oxygens (including phenoxy) is 1. The van der Waals surface area contributed by atoms with Crippen molar-refractivity contribution in [2.75, 3.05) is 6.26 Å². The van der Waals surface area contributed by atoms with Gasteiger partial charge in [-0.3, -0.25) is 10.2 Å². The Labute approximate surface area is 202 Å². The maximum atomic E-state index is 12.4. The minimum absolute atomic E-state index is 0.00527. The van der Waals surface area contributed by atoms with Crippen LogP contribution in [0.2, 0.25) is 10.0 Å². The summed E-state index contributed by atoms with van der Waals surface area (Å²) >= 11 is 12.6. The molecule has 2 aliphatic heterocycles. The van der Waals surface area contributed by atoms with Gasteiger partial charge in [0, 0.05) is 11.3 Å². The van der Waals surface area contributed by atoms with Crippen LogP contribution in [0.5, 0.6) is 5.75 Å². The Hall–Kier alpha value is -2.99. The molecule has 2 aromatic carbocycles. The highest BCUT2D eigenvalue weighted by Crippen LogP contribution is 2.30. The number of carbonyl (C=O) groups is 2. The van der Waals surface area contributed by atoms with Gasteiger partial charge in [-0.2, -0.15) is 10.0 Å². The maximum absolute atomic E-state index is 12.4. The number of fused-ring (bicyclic) bond motifs is 1. The standard InChI is InChI=1S/C20H12Cl2N4O5S2/c1-33(29,30)20-25-26-16(23)14(17(27)24-19(26)32-20)8-10-2-5-12(6-3-10)31-18(28)13-7-4-11(21)9-15(13)22/h2-9,23H,1H3/b14-8-,23-16?. The summed E-state index contributed by atoms with van der Waals surface area (Å²) in [4.78, 5) is 28.6. The minimum atomic E-state index is -3.61. The lowest BCUT2D eigenvalue weighted by atomic mass is 10.1. The zero-order valence-electron chi connectivity index (χ0n) is 16.6. The van der Waals surface area contributed by atoms with Gasteiger partial charge in [0.2, 0.25) is 19.4 Å². The second-order valence-electron chi connectivity index (χ2n) is 6.74. The average molecular weight is 523 g/mol. The van der Waals surface area contributed by atoms with Gasteiger partial charge in [0.1, 0.15) is 5.75 Å². The van der Waals surface area contributed by atoms with E-state index in [1.165, 1.54) is 36.4 Å². The van der Waals surface area contributed by atoms with Crippen LogP contribution in [0, 0.1) is 5.41 Å². The van der Waals surface area contributed by atoms with Crippen molar-refractivity contribution in [3.63, 3.8) is 0 Å². The first kappa shape index (κ1) is 23.2. The van der Waals surface area contributed by atoms with Crippen LogP contribution in [0.1, 0.15) is 15.9 Å². The van der Waals surface area contributed by atoms with Gasteiger partial charge in [-0.05, 0) is 53.7 Å². The Morgan fingerprint density at radius 1 is 1.18 bits per heavy atom. The van der Waals surface area contributed by atoms with E-state index in [0.717, 1.165) is 11.3 Å². The van der Waals surface area contributed by atoms with E-state index in [9.17, 15) is 18.0 Å². The van der Waals surface area contributed by atoms with E-state index >= 15 is 0 Å². The van der Waals surface area contributed by atoms with E-state index in [1.807, 2.05) is 0 Å². The summed E-state index contributed by atoms with van der Waals surface area (Å²) in [5, 5.41) is 13.7. The van der Waals surface area contributed by atoms with Crippen LogP contribution in [0.3, 0.4) is 0 Å². The van der Waals surface area contributed by atoms with Crippen LogP contribution in [-0.2, 0) is 14.6 Å². The summed E-state index contributed by atoms with van der Waals surface area (Å²) < 4.78 is 28.5. The number of thioether (sulfide) groups is 1. The first-order valence-electron chi connectivity index (χ1n) is 9.00. The number of esters is 1. The summed E-state index contributed by atoms with van der Waals surface area (Å²) in [6, 6.07) is 10.6. The lowest BCUT2D eigenvalue weighted by Crippen LogP contribution is -2.35. The van der Waals surface area contributed by atoms with Crippen molar-refractivity contribution in [3.8, 4) is 5.75 Å². The molecular formula is C20H12Cl2N4O5S2. The molecule has 0 saturated heterocycles. The zero-order chi connectivity index (χ0) is 23.9. The third-order valence-corrected chi connectivity index (χ3v) is 7.43. The predicted octanol–water partition coefficient (Wildman–Crippen LogP) is 3.83. The third kappa shape index (κ3) is 4.86. The maximum Gasteiger partial charge on any atom is 0.345 e. The van der Waals surface area contributed by atoms with Gasteiger partial charge < -0.3 is 4.74 Å². The number of hydrazone groups is 1. The van der Waals surface area contributed by atoms with Gasteiger partial charge >= 0.3 is 5.97 Å². The van der Waals surface area contributed by atoms with Crippen molar-refractivity contribution in [2.24, 2.45) is 10.1 Å². The van der Waals surface area contributed by atoms with Crippen molar-refractivity contribution in [1.29, 1.82) is 5.41 Å². The number of benzene rings is 2. The molecule has 0 saturated carbocycles. The summed E-state index contributed by atoms with van der Waals surface area (Å²) in [5.41, 5.74) is 0.598. The molecule has 0 atom stereocenters. The lowest BCUT2D eigenvalue weighted by molar-refractivity contribution is -0.114. The Morgan fingerprint density at radius 3 is 2.52 bits per heavy atom. The fourth-order valence-corrected chi connectivity index (χ4v) is 4.91. The molecule has 9 nitrogen and oxygen atoms in total. The van der Waals surface area contributed by atoms with Crippen LogP contribution < -0.4 is 4.74 Å². The fraction of sp³-hybridized carbons (Fsp3) is 0.0500. The highest BCUT2D eigenvalue weighted by atomic mass is 35.5. The van der Waals surface area contributed by atoms with Crippen molar-refractivity contribution in [3.05, 3.63) is 69.2 Å². The zero-order valence-corrected chi connectivity index (χ0v) is 19.7. The van der Waals surface area contributed by atoms with E-state index < -0.39 is 21.7 Å². The quantitative estimate of drug-likeness (QED) is 0.368. The second kappa shape index (κ2) is 8.75. The molecule has 1 N–H and O–H groups in total. The number of sulfone groups is 1. The molecule has 0 aliphatic carbocycles. The fourth-order valence-electron chi connectivity index (χ4n) is 2.74. The molecule has 4 rings (SSSR count). The highest BCUT2D eigenvalue weighted by molar-refractivity contribution is 8.42. The van der Waals surface area contributed by atoms with E-state index in [-0.39, 0.29) is 37.3 Å². The van der Waals surface area contributed by atoms with Gasteiger partial charge in [-0.25, -0.2) is 13.2 Å². The summed E-state index contributed by atoms with van der Waals surface area (Å²) in [7, 11) is -3.61. The van der Waals surface area contributed by atoms with Crippen LogP contribution in [0.15, 0.2) is 58.1 Å². The molecule has 0 unspecified atom stereocenters. The number of amides is 1. The van der Waals surface area contributed by atoms with Gasteiger partial charge in [0.05, 0.1) is 16.2 Å². The summed E-state index contributed by atoms with van der Waals surface area (Å²) in [6.07, 6.45) is 2.39. The van der Waals surface area contributed by atoms with Crippen LogP contribution in [-0.4, -0.2) is 46.9 Å². The number of hydrogen-bond donors (Lipinski definition) is 1. The molecule has 1 amide bonds. The molecule has 2 heterocycles. The Morgan fingerprint density at radius 2 is 1.88 bits per heavy atom. The molecular weight excluding hydrogens is 511 g/mol. The Kier molecular flexibility index (Phi) is 6.14. The normalized spacial score (nSPS) is 17.1. The van der Waals surface area contributed by atoms with E-state index in [1.54, 1.807) is 12.1 Å². The topological polar surface area (TPSA) is 129 Å². The van der Waals surface area contributed by atoms with Crippen LogP contribution in [0.25, 0.3) is 6.08 Å². The molecule has 0 radical (unpaired) electrons. The average Bonchev–Trinajstić information content (AvgIpc) is 3.17. The molecule has 33 heavy (non-hydrogen) atoms. The number of aliphatic imine (C=N–C) groups is 1. The van der Waals surface area contributed by atoms with E-state index in [2.05, 4.69) is 10.1 Å². The van der Waals surface area contributed by atoms with Gasteiger partial charge in [-0.1, -0.05) is 35.3 Å². The number of nitrogens with one attached hydrogen (secondary N) is 1. The van der Waals surface area contributed by atoms with Crippen molar-refractivity contribution in [1.82, 2.24) is 5.01 Å². The van der Waals surface area contributed by atoms with Gasteiger partial charge in [0.25, 0.3) is 5.91 Å². The van der Waals surface area contributed by atoms with Crippen LogP contribution >= 0.6 is 35.0 Å².